The van der Waals surface area contributed by atoms with Crippen molar-refractivity contribution in [2.45, 2.75) is 51.4 Å². The fourth-order valence-corrected chi connectivity index (χ4v) is 2.83. The number of aliphatic hydroxyl groups excluding tert-OH is 2. The number of hydrogen-bond donors (Lipinski definition) is 5. The van der Waals surface area contributed by atoms with E-state index in [1.807, 2.05) is 25.7 Å². The summed E-state index contributed by atoms with van der Waals surface area (Å²) >= 11 is 0. The summed E-state index contributed by atoms with van der Waals surface area (Å²) in [7, 11) is 0. The van der Waals surface area contributed by atoms with Gasteiger partial charge in [-0.2, -0.15) is 0 Å². The summed E-state index contributed by atoms with van der Waals surface area (Å²) in [5.41, 5.74) is -0.0579. The number of aliphatic hydroxyl groups is 2. The second-order valence-corrected chi connectivity index (χ2v) is 7.64. The molecular formula is C16H28N2O8. The van der Waals surface area contributed by atoms with Crippen LogP contribution >= 0.6 is 0 Å². The van der Waals surface area contributed by atoms with Crippen molar-refractivity contribution in [2.24, 2.45) is 5.41 Å². The first kappa shape index (κ1) is 22.1. The molecule has 3 atom stereocenters. The van der Waals surface area contributed by atoms with Crippen LogP contribution in [0, 0.1) is 5.41 Å². The summed E-state index contributed by atoms with van der Waals surface area (Å²) < 4.78 is 5.39. The molecule has 0 aliphatic carbocycles. The molecule has 150 valence electrons. The number of hydrogen-bond acceptors (Lipinski definition) is 7. The molecule has 5 N–H and O–H groups in total. The van der Waals surface area contributed by atoms with E-state index in [0.29, 0.717) is 5.41 Å². The number of ether oxygens (including phenoxy) is 1. The summed E-state index contributed by atoms with van der Waals surface area (Å²) in [6, 6.07) is 0. The van der Waals surface area contributed by atoms with Gasteiger partial charge >= 0.3 is 18.0 Å². The predicted molar refractivity (Wildman–Crippen MR) is 89.6 cm³/mol. The van der Waals surface area contributed by atoms with Gasteiger partial charge in [-0.25, -0.2) is 14.4 Å². The second kappa shape index (κ2) is 8.65. The van der Waals surface area contributed by atoms with E-state index < -0.39 is 24.1 Å². The Labute approximate surface area is 151 Å². The summed E-state index contributed by atoms with van der Waals surface area (Å²) in [5, 5.41) is 35.9. The lowest BCUT2D eigenvalue weighted by molar-refractivity contribution is -0.165. The number of likely N-dealkylation sites (tertiary alicyclic amines) is 1. The highest BCUT2D eigenvalue weighted by molar-refractivity contribution is 5.83. The Bertz CT molecular complexity index is 507. The maximum Gasteiger partial charge on any atom is 0.410 e. The van der Waals surface area contributed by atoms with Gasteiger partial charge in [0.1, 0.15) is 5.60 Å². The molecule has 2 aliphatic heterocycles. The van der Waals surface area contributed by atoms with Gasteiger partial charge < -0.3 is 35.4 Å². The highest BCUT2D eigenvalue weighted by Crippen LogP contribution is 2.36. The first-order valence-electron chi connectivity index (χ1n) is 8.37. The predicted octanol–water partition coefficient (Wildman–Crippen LogP) is -0.516. The Balaban J connectivity index is 0.000000294. The van der Waals surface area contributed by atoms with Crippen LogP contribution in [0.5, 0.6) is 0 Å². The number of amides is 1. The molecule has 0 aromatic carbocycles. The molecule has 10 heteroatoms. The third-order valence-corrected chi connectivity index (χ3v) is 4.23. The average Bonchev–Trinajstić information content (AvgIpc) is 3.15. The van der Waals surface area contributed by atoms with Gasteiger partial charge in [-0.15, -0.1) is 0 Å². The van der Waals surface area contributed by atoms with E-state index in [1.165, 1.54) is 6.42 Å². The largest absolute Gasteiger partial charge is 0.479 e. The Morgan fingerprint density at radius 1 is 1.08 bits per heavy atom. The quantitative estimate of drug-likeness (QED) is 0.437. The van der Waals surface area contributed by atoms with E-state index in [-0.39, 0.29) is 11.7 Å². The lowest BCUT2D eigenvalue weighted by Crippen LogP contribution is -2.39. The minimum Gasteiger partial charge on any atom is -0.479 e. The van der Waals surface area contributed by atoms with E-state index >= 15 is 0 Å². The average molecular weight is 376 g/mol. The van der Waals surface area contributed by atoms with Crippen molar-refractivity contribution < 1.29 is 39.5 Å². The normalized spacial score (nSPS) is 24.6. The van der Waals surface area contributed by atoms with Crippen LogP contribution < -0.4 is 5.32 Å². The van der Waals surface area contributed by atoms with Crippen molar-refractivity contribution in [3.8, 4) is 0 Å². The smallest absolute Gasteiger partial charge is 0.410 e. The number of carboxylic acid groups (broad SMARTS) is 2. The van der Waals surface area contributed by atoms with Crippen LogP contribution in [0.25, 0.3) is 0 Å². The molecule has 26 heavy (non-hydrogen) atoms. The minimum absolute atomic E-state index is 0.156. The van der Waals surface area contributed by atoms with Gasteiger partial charge in [-0.05, 0) is 40.2 Å². The fourth-order valence-electron chi connectivity index (χ4n) is 2.83. The van der Waals surface area contributed by atoms with E-state index in [9.17, 15) is 14.4 Å². The molecule has 0 unspecified atom stereocenters. The summed E-state index contributed by atoms with van der Waals surface area (Å²) in [6.07, 6.45) is -2.39. The molecule has 2 aliphatic rings. The lowest BCUT2D eigenvalue weighted by atomic mass is 9.87. The third kappa shape index (κ3) is 6.43. The number of carbonyl (C=O) groups excluding carboxylic acids is 1. The zero-order chi connectivity index (χ0) is 20.1. The Morgan fingerprint density at radius 3 is 2.00 bits per heavy atom. The zero-order valence-electron chi connectivity index (χ0n) is 15.3. The van der Waals surface area contributed by atoms with E-state index in [2.05, 4.69) is 5.32 Å². The maximum absolute atomic E-state index is 11.9. The van der Waals surface area contributed by atoms with Gasteiger partial charge in [0.05, 0.1) is 0 Å². The van der Waals surface area contributed by atoms with Crippen LogP contribution in [-0.2, 0) is 14.3 Å². The standard InChI is InChI=1S/C12H22N2O2.C4H6O6/c1-11(2,3)16-10(15)14-7-5-12(9-14)4-6-13-8-12;5-1(3(7)8)2(6)4(9)10/h13H,4-9H2,1-3H3;1-2,5-6H,(H,7,8)(H,9,10)/t12-;1-,2-/m01/s1. The molecule has 2 rings (SSSR count). The number of rotatable bonds is 3. The minimum atomic E-state index is -2.27. The fraction of sp³-hybridized carbons (Fsp3) is 0.812. The van der Waals surface area contributed by atoms with Crippen molar-refractivity contribution in [3.05, 3.63) is 0 Å². The topological polar surface area (TPSA) is 157 Å². The van der Waals surface area contributed by atoms with Gasteiger partial charge in [0, 0.05) is 25.0 Å². The van der Waals surface area contributed by atoms with Crippen LogP contribution in [0.2, 0.25) is 0 Å². The molecule has 0 bridgehead atoms. The van der Waals surface area contributed by atoms with E-state index in [1.54, 1.807) is 0 Å². The lowest BCUT2D eigenvalue weighted by Gasteiger charge is -2.26. The second-order valence-electron chi connectivity index (χ2n) is 7.64. The SMILES string of the molecule is CC(C)(C)OC(=O)N1CC[C@]2(CCNC2)C1.O=C(O)[C@H](O)[C@@H](O)C(=O)O. The number of nitrogens with zero attached hydrogens (tertiary/aromatic N) is 1. The van der Waals surface area contributed by atoms with Crippen LogP contribution in [0.15, 0.2) is 0 Å². The van der Waals surface area contributed by atoms with Crippen LogP contribution in [0.4, 0.5) is 4.79 Å². The van der Waals surface area contributed by atoms with Crippen molar-refractivity contribution >= 4 is 18.0 Å². The first-order valence-corrected chi connectivity index (χ1v) is 8.37. The van der Waals surface area contributed by atoms with E-state index in [4.69, 9.17) is 25.2 Å². The highest BCUT2D eigenvalue weighted by atomic mass is 16.6. The molecule has 2 fully saturated rings. The van der Waals surface area contributed by atoms with Gasteiger partial charge in [-0.3, -0.25) is 0 Å². The summed E-state index contributed by atoms with van der Waals surface area (Å²) in [5.74, 6) is -3.54. The molecule has 0 aromatic rings. The molecular weight excluding hydrogens is 348 g/mol. The van der Waals surface area contributed by atoms with Crippen molar-refractivity contribution in [2.75, 3.05) is 26.2 Å². The van der Waals surface area contributed by atoms with Crippen molar-refractivity contribution in [3.63, 3.8) is 0 Å². The Morgan fingerprint density at radius 2 is 1.62 bits per heavy atom. The molecule has 0 aromatic heterocycles. The molecule has 0 radical (unpaired) electrons. The van der Waals surface area contributed by atoms with Gasteiger partial charge in [-0.1, -0.05) is 0 Å². The summed E-state index contributed by atoms with van der Waals surface area (Å²) in [6.45, 7) is 9.57. The molecule has 2 saturated heterocycles. The van der Waals surface area contributed by atoms with E-state index in [0.717, 1.165) is 32.6 Å². The monoisotopic (exact) mass is 376 g/mol. The van der Waals surface area contributed by atoms with Crippen molar-refractivity contribution in [1.82, 2.24) is 10.2 Å². The van der Waals surface area contributed by atoms with Gasteiger partial charge in [0.25, 0.3) is 0 Å². The van der Waals surface area contributed by atoms with Crippen LogP contribution in [0.1, 0.15) is 33.6 Å². The van der Waals surface area contributed by atoms with Crippen molar-refractivity contribution in [1.29, 1.82) is 0 Å². The Kier molecular flexibility index (Phi) is 7.36. The zero-order valence-corrected chi connectivity index (χ0v) is 15.3. The van der Waals surface area contributed by atoms with Crippen LogP contribution in [-0.4, -0.2) is 87.3 Å². The van der Waals surface area contributed by atoms with Gasteiger partial charge in [0.15, 0.2) is 12.2 Å². The molecule has 0 saturated carbocycles. The number of carbonyl (C=O) groups is 3. The molecule has 1 amide bonds. The molecule has 2 heterocycles. The van der Waals surface area contributed by atoms with Crippen LogP contribution in [0.3, 0.4) is 0 Å². The number of aliphatic carboxylic acids is 2. The number of carboxylic acids is 2. The first-order chi connectivity index (χ1) is 11.9. The highest BCUT2D eigenvalue weighted by Gasteiger charge is 2.42. The molecule has 10 nitrogen and oxygen atoms in total. The Hall–Kier alpha value is -1.91. The number of nitrogens with one attached hydrogen (secondary N) is 1. The maximum atomic E-state index is 11.9. The summed E-state index contributed by atoms with van der Waals surface area (Å²) in [4.78, 5) is 33.3. The molecule has 1 spiro atoms. The third-order valence-electron chi connectivity index (χ3n) is 4.23. The van der Waals surface area contributed by atoms with Gasteiger partial charge in [0.2, 0.25) is 0 Å².